The Balaban J connectivity index is 1.83. The summed E-state index contributed by atoms with van der Waals surface area (Å²) in [5.41, 5.74) is 8.50. The van der Waals surface area contributed by atoms with Gasteiger partial charge in [-0.1, -0.05) is 92.8 Å². The Morgan fingerprint density at radius 2 is 1.82 bits per heavy atom. The van der Waals surface area contributed by atoms with Crippen molar-refractivity contribution in [3.8, 4) is 0 Å². The average Bonchev–Trinajstić information content (AvgIpc) is 3.40. The van der Waals surface area contributed by atoms with Gasteiger partial charge in [-0.2, -0.15) is 0 Å². The Labute approximate surface area is 167 Å². The summed E-state index contributed by atoms with van der Waals surface area (Å²) in [6.07, 6.45) is 17.3. The van der Waals surface area contributed by atoms with Gasteiger partial charge in [-0.15, -0.1) is 0 Å². The molecule has 0 heterocycles. The molecule has 28 heavy (non-hydrogen) atoms. The third-order valence-corrected chi connectivity index (χ3v) is 6.59. The van der Waals surface area contributed by atoms with Gasteiger partial charge in [-0.3, -0.25) is 0 Å². The summed E-state index contributed by atoms with van der Waals surface area (Å²) in [5.74, 6) is 0. The van der Waals surface area contributed by atoms with Crippen molar-refractivity contribution in [2.45, 2.75) is 38.5 Å². The molecule has 0 amide bonds. The number of hydrogen-bond donors (Lipinski definition) is 0. The number of rotatable bonds is 4. The first-order valence-corrected chi connectivity index (χ1v) is 10.5. The summed E-state index contributed by atoms with van der Waals surface area (Å²) >= 11 is 0. The van der Waals surface area contributed by atoms with Crippen molar-refractivity contribution >= 4 is 11.6 Å². The molecular formula is C28H26. The zero-order valence-electron chi connectivity index (χ0n) is 16.7. The van der Waals surface area contributed by atoms with Gasteiger partial charge in [0.15, 0.2) is 0 Å². The van der Waals surface area contributed by atoms with E-state index in [4.69, 9.17) is 0 Å². The molecule has 2 aromatic rings. The molecule has 0 fully saturated rings. The molecule has 5 rings (SSSR count). The molecule has 0 saturated carbocycles. The Morgan fingerprint density at radius 1 is 0.964 bits per heavy atom. The number of hydrogen-bond acceptors (Lipinski definition) is 0. The molecule has 3 aliphatic rings. The minimum absolute atomic E-state index is 0.0654. The second-order valence-electron chi connectivity index (χ2n) is 7.97. The van der Waals surface area contributed by atoms with Crippen LogP contribution in [0.25, 0.3) is 11.6 Å². The van der Waals surface area contributed by atoms with Gasteiger partial charge in [0, 0.05) is 5.41 Å². The van der Waals surface area contributed by atoms with Gasteiger partial charge < -0.3 is 0 Å². The van der Waals surface area contributed by atoms with Crippen LogP contribution in [0.2, 0.25) is 0 Å². The predicted molar refractivity (Wildman–Crippen MR) is 119 cm³/mol. The maximum absolute atomic E-state index is 2.46. The highest BCUT2D eigenvalue weighted by atomic mass is 14.4. The molecule has 1 atom stereocenters. The summed E-state index contributed by atoms with van der Waals surface area (Å²) in [4.78, 5) is 0. The largest absolute Gasteiger partial charge is 0.0801 e. The highest BCUT2D eigenvalue weighted by Gasteiger charge is 2.39. The van der Waals surface area contributed by atoms with Crippen LogP contribution in [-0.4, -0.2) is 0 Å². The SMILES string of the molecule is CCc1ccc2c(c1)=CC1=C(C3=CC=CC3)C(CC)(c3ccccc3)C=CC=21. The van der Waals surface area contributed by atoms with Crippen molar-refractivity contribution in [2.75, 3.05) is 0 Å². The van der Waals surface area contributed by atoms with Gasteiger partial charge in [-0.05, 0) is 69.2 Å². The standard InChI is InChI=1S/C28H26/c1-3-20-14-15-24-22(18-20)19-26-25(24)16-17-28(4-2,23-12-6-5-7-13-23)27(26)21-10-8-9-11-21/h5-10,12-19H,3-4,11H2,1-2H3. The van der Waals surface area contributed by atoms with E-state index in [1.807, 2.05) is 0 Å². The van der Waals surface area contributed by atoms with Crippen LogP contribution in [0.4, 0.5) is 0 Å². The van der Waals surface area contributed by atoms with Crippen molar-refractivity contribution in [3.05, 3.63) is 117 Å². The van der Waals surface area contributed by atoms with E-state index in [2.05, 4.69) is 98.8 Å². The van der Waals surface area contributed by atoms with Gasteiger partial charge in [0.2, 0.25) is 0 Å². The van der Waals surface area contributed by atoms with E-state index in [-0.39, 0.29) is 5.41 Å². The topological polar surface area (TPSA) is 0 Å². The first-order chi connectivity index (χ1) is 13.8. The number of fused-ring (bicyclic) bond motifs is 2. The van der Waals surface area contributed by atoms with Crippen LogP contribution >= 0.6 is 0 Å². The average molecular weight is 363 g/mol. The van der Waals surface area contributed by atoms with Crippen LogP contribution in [0.5, 0.6) is 0 Å². The van der Waals surface area contributed by atoms with E-state index < -0.39 is 0 Å². The normalized spacial score (nSPS) is 22.2. The summed E-state index contributed by atoms with van der Waals surface area (Å²) < 4.78 is 0. The van der Waals surface area contributed by atoms with Crippen LogP contribution in [0.1, 0.15) is 37.8 Å². The first kappa shape index (κ1) is 17.3. The highest BCUT2D eigenvalue weighted by Crippen LogP contribution is 2.49. The van der Waals surface area contributed by atoms with Crippen LogP contribution in [-0.2, 0) is 11.8 Å². The van der Waals surface area contributed by atoms with Crippen molar-refractivity contribution in [3.63, 3.8) is 0 Å². The fourth-order valence-electron chi connectivity index (χ4n) is 5.08. The molecule has 1 unspecified atom stereocenters. The van der Waals surface area contributed by atoms with Crippen LogP contribution < -0.4 is 10.4 Å². The molecule has 0 radical (unpaired) electrons. The van der Waals surface area contributed by atoms with Crippen molar-refractivity contribution in [1.29, 1.82) is 0 Å². The summed E-state index contributed by atoms with van der Waals surface area (Å²) in [6, 6.07) is 18.0. The number of benzene rings is 2. The summed E-state index contributed by atoms with van der Waals surface area (Å²) in [7, 11) is 0. The Bertz CT molecular complexity index is 1180. The molecule has 138 valence electrons. The molecule has 2 aromatic carbocycles. The van der Waals surface area contributed by atoms with Gasteiger partial charge in [0.1, 0.15) is 0 Å². The Kier molecular flexibility index (Phi) is 4.09. The lowest BCUT2D eigenvalue weighted by molar-refractivity contribution is 0.602. The summed E-state index contributed by atoms with van der Waals surface area (Å²) in [6.45, 7) is 4.55. The van der Waals surface area contributed by atoms with E-state index in [0.717, 1.165) is 19.3 Å². The maximum Gasteiger partial charge on any atom is 0.0391 e. The van der Waals surface area contributed by atoms with Gasteiger partial charge in [-0.25, -0.2) is 0 Å². The third kappa shape index (κ3) is 2.44. The monoisotopic (exact) mass is 362 g/mol. The smallest absolute Gasteiger partial charge is 0.0391 e. The van der Waals surface area contributed by atoms with Crippen LogP contribution in [0.15, 0.2) is 95.6 Å². The molecule has 0 bridgehead atoms. The highest BCUT2D eigenvalue weighted by molar-refractivity contribution is 5.92. The van der Waals surface area contributed by atoms with E-state index in [9.17, 15) is 0 Å². The van der Waals surface area contributed by atoms with Crippen molar-refractivity contribution < 1.29 is 0 Å². The minimum atomic E-state index is -0.0654. The molecule has 0 spiro atoms. The number of aryl methyl sites for hydroxylation is 1. The fourth-order valence-corrected chi connectivity index (χ4v) is 5.08. The molecular weight excluding hydrogens is 336 g/mol. The lowest BCUT2D eigenvalue weighted by Gasteiger charge is -2.38. The van der Waals surface area contributed by atoms with Crippen LogP contribution in [0.3, 0.4) is 0 Å². The van der Waals surface area contributed by atoms with E-state index in [1.165, 1.54) is 43.9 Å². The number of allylic oxidation sites excluding steroid dienone is 8. The van der Waals surface area contributed by atoms with Crippen molar-refractivity contribution in [2.24, 2.45) is 0 Å². The van der Waals surface area contributed by atoms with Gasteiger partial charge in [0.05, 0.1) is 0 Å². The molecule has 0 aromatic heterocycles. The lowest BCUT2D eigenvalue weighted by atomic mass is 9.64. The minimum Gasteiger partial charge on any atom is -0.0801 e. The Hall–Kier alpha value is -2.86. The Morgan fingerprint density at radius 3 is 2.54 bits per heavy atom. The van der Waals surface area contributed by atoms with Crippen LogP contribution in [0, 0.1) is 0 Å². The molecule has 0 heteroatoms. The quantitative estimate of drug-likeness (QED) is 0.693. The fraction of sp³-hybridized carbons (Fsp3) is 0.214. The van der Waals surface area contributed by atoms with E-state index in [1.54, 1.807) is 0 Å². The van der Waals surface area contributed by atoms with E-state index in [0.29, 0.717) is 0 Å². The molecule has 0 saturated heterocycles. The van der Waals surface area contributed by atoms with Gasteiger partial charge in [0.25, 0.3) is 0 Å². The molecule has 0 aliphatic heterocycles. The lowest BCUT2D eigenvalue weighted by Crippen LogP contribution is -2.30. The maximum atomic E-state index is 2.46. The van der Waals surface area contributed by atoms with Gasteiger partial charge >= 0.3 is 0 Å². The summed E-state index contributed by atoms with van der Waals surface area (Å²) in [5, 5.41) is 2.75. The zero-order chi connectivity index (χ0) is 19.1. The molecule has 3 aliphatic carbocycles. The van der Waals surface area contributed by atoms with E-state index >= 15 is 0 Å². The second-order valence-corrected chi connectivity index (χ2v) is 7.97. The van der Waals surface area contributed by atoms with Crippen molar-refractivity contribution in [1.82, 2.24) is 0 Å². The third-order valence-electron chi connectivity index (χ3n) is 6.59. The molecule has 0 N–H and O–H groups in total. The predicted octanol–water partition coefficient (Wildman–Crippen LogP) is 5.29. The molecule has 0 nitrogen and oxygen atoms in total. The second kappa shape index (κ2) is 6.63. The first-order valence-electron chi connectivity index (χ1n) is 10.5. The zero-order valence-corrected chi connectivity index (χ0v) is 16.7.